The fraction of sp³-hybridized carbons (Fsp3) is 0.333. The van der Waals surface area contributed by atoms with Crippen molar-refractivity contribution in [3.8, 4) is 46.0 Å². The minimum absolute atomic E-state index is 0.139. The predicted octanol–water partition coefficient (Wildman–Crippen LogP) is 8.36. The van der Waals surface area contributed by atoms with Crippen molar-refractivity contribution in [1.82, 2.24) is 9.91 Å². The van der Waals surface area contributed by atoms with Crippen LogP contribution in [0.2, 0.25) is 0 Å². The van der Waals surface area contributed by atoms with Crippen LogP contribution in [0.4, 0.5) is 5.69 Å². The number of fused-ring (bicyclic) bond motifs is 3. The number of ether oxygens (including phenoxy) is 6. The zero-order chi connectivity index (χ0) is 39.6. The van der Waals surface area contributed by atoms with E-state index in [1.807, 2.05) is 48.3 Å². The average molecular weight is 790 g/mol. The summed E-state index contributed by atoms with van der Waals surface area (Å²) in [7, 11) is 4.47. The van der Waals surface area contributed by atoms with Crippen LogP contribution in [0.25, 0.3) is 0 Å². The fourth-order valence-electron chi connectivity index (χ4n) is 8.98. The molecular formula is C45H47N3O8S. The van der Waals surface area contributed by atoms with E-state index in [1.54, 1.807) is 46.6 Å². The third-order valence-corrected chi connectivity index (χ3v) is 13.7. The van der Waals surface area contributed by atoms with E-state index in [0.29, 0.717) is 71.1 Å². The van der Waals surface area contributed by atoms with Crippen LogP contribution in [0.5, 0.6) is 46.0 Å². The Morgan fingerprint density at radius 2 is 1.37 bits per heavy atom. The molecule has 57 heavy (non-hydrogen) atoms. The lowest BCUT2D eigenvalue weighted by Crippen LogP contribution is -2.54. The minimum Gasteiger partial charge on any atom is -0.493 e. The lowest BCUT2D eigenvalue weighted by molar-refractivity contribution is 0.178. The summed E-state index contributed by atoms with van der Waals surface area (Å²) < 4.78 is 69.2. The van der Waals surface area contributed by atoms with Crippen LogP contribution >= 0.6 is 0 Å². The van der Waals surface area contributed by atoms with E-state index >= 15 is 8.42 Å². The topological polar surface area (TPSA) is 99.2 Å². The Kier molecular flexibility index (Phi) is 9.45. The van der Waals surface area contributed by atoms with Crippen LogP contribution in [0.15, 0.2) is 83.8 Å². The van der Waals surface area contributed by atoms with Crippen LogP contribution in [0.1, 0.15) is 57.4 Å². The van der Waals surface area contributed by atoms with E-state index in [9.17, 15) is 0 Å². The van der Waals surface area contributed by atoms with E-state index in [0.717, 1.165) is 48.1 Å². The van der Waals surface area contributed by atoms with Gasteiger partial charge in [-0.1, -0.05) is 29.8 Å². The summed E-state index contributed by atoms with van der Waals surface area (Å²) in [6.07, 6.45) is 3.59. The molecule has 0 radical (unpaired) electrons. The van der Waals surface area contributed by atoms with Crippen molar-refractivity contribution in [3.63, 3.8) is 0 Å². The van der Waals surface area contributed by atoms with Crippen molar-refractivity contribution in [1.29, 1.82) is 0 Å². The highest BCUT2D eigenvalue weighted by molar-refractivity contribution is 7.92. The number of likely N-dealkylation sites (N-methyl/N-ethyl adjacent to an activating group) is 1. The summed E-state index contributed by atoms with van der Waals surface area (Å²) in [5.41, 5.74) is 7.63. The molecule has 0 aliphatic carbocycles. The maximum Gasteiger partial charge on any atom is 0.277 e. The van der Waals surface area contributed by atoms with E-state index in [2.05, 4.69) is 36.2 Å². The molecule has 0 fully saturated rings. The Labute approximate surface area is 334 Å². The molecule has 0 spiro atoms. The zero-order valence-electron chi connectivity index (χ0n) is 33.1. The number of benzene rings is 5. The maximum atomic E-state index is 15.0. The van der Waals surface area contributed by atoms with Crippen molar-refractivity contribution in [2.24, 2.45) is 0 Å². The molecule has 2 atom stereocenters. The quantitative estimate of drug-likeness (QED) is 0.167. The third-order valence-electron chi connectivity index (χ3n) is 11.9. The molecule has 0 saturated carbocycles. The number of rotatable bonds is 6. The number of nitrogens with zero attached hydrogens (tertiary/aromatic N) is 3. The summed E-state index contributed by atoms with van der Waals surface area (Å²) in [5, 5.41) is 1.94. The molecule has 7 bridgehead atoms. The Morgan fingerprint density at radius 3 is 2.09 bits per heavy atom. The first-order valence-electron chi connectivity index (χ1n) is 19.3. The van der Waals surface area contributed by atoms with Gasteiger partial charge in [0.25, 0.3) is 10.0 Å². The number of methoxy groups -OCH3 is 4. The monoisotopic (exact) mass is 789 g/mol. The standard InChI is InChI=1S/C45H47N3O8S/c1-27-7-14-33(15-8-27)57(49,50)48-36-26-39(52-4)40-24-31(36)21-37-43-30(18-20-47(37)48)23-42(53-5)44(54-6)45(43)56-41-25-34-29(22-38(41)51-3)17-19-46(2)35(34)16-11-28-9-12-32(55-40)13-10-28/h7-10,12-15,22-26,35,37H,11,16-21H2,1-6H3/t35-,37-/m0/s1. The van der Waals surface area contributed by atoms with Gasteiger partial charge in [-0.05, 0) is 122 Å². The highest BCUT2D eigenvalue weighted by Gasteiger charge is 2.46. The van der Waals surface area contributed by atoms with Crippen LogP contribution < -0.4 is 32.8 Å². The lowest BCUT2D eigenvalue weighted by Gasteiger charge is -2.48. The van der Waals surface area contributed by atoms with Crippen molar-refractivity contribution in [2.45, 2.75) is 56.0 Å². The van der Waals surface area contributed by atoms with Crippen LogP contribution in [-0.4, -0.2) is 66.9 Å². The molecule has 0 saturated heterocycles. The molecule has 11 nitrogen and oxygen atoms in total. The molecule has 296 valence electrons. The molecular weight excluding hydrogens is 743 g/mol. The smallest absolute Gasteiger partial charge is 0.277 e. The molecule has 0 unspecified atom stereocenters. The number of hydrogen-bond donors (Lipinski definition) is 0. The van der Waals surface area contributed by atoms with Crippen LogP contribution in [-0.2, 0) is 35.7 Å². The zero-order valence-corrected chi connectivity index (χ0v) is 33.9. The molecule has 0 N–H and O–H groups in total. The second-order valence-electron chi connectivity index (χ2n) is 15.2. The van der Waals surface area contributed by atoms with Crippen LogP contribution in [0.3, 0.4) is 0 Å². The summed E-state index contributed by atoms with van der Waals surface area (Å²) >= 11 is 0. The second-order valence-corrected chi connectivity index (χ2v) is 16.9. The molecule has 5 aliphatic heterocycles. The van der Waals surface area contributed by atoms with Gasteiger partial charge in [-0.3, -0.25) is 4.90 Å². The van der Waals surface area contributed by atoms with E-state index in [-0.39, 0.29) is 10.9 Å². The summed E-state index contributed by atoms with van der Waals surface area (Å²) in [5.74, 6) is 4.11. The molecule has 5 aromatic rings. The van der Waals surface area contributed by atoms with Gasteiger partial charge in [0.2, 0.25) is 5.75 Å². The van der Waals surface area contributed by atoms with Gasteiger partial charge >= 0.3 is 0 Å². The maximum absolute atomic E-state index is 15.0. The van der Waals surface area contributed by atoms with Gasteiger partial charge in [0.1, 0.15) is 5.75 Å². The van der Waals surface area contributed by atoms with Crippen molar-refractivity contribution < 1.29 is 36.8 Å². The first kappa shape index (κ1) is 37.2. The highest BCUT2D eigenvalue weighted by atomic mass is 32.2. The van der Waals surface area contributed by atoms with Crippen molar-refractivity contribution in [3.05, 3.63) is 118 Å². The van der Waals surface area contributed by atoms with Crippen LogP contribution in [0, 0.1) is 6.92 Å². The molecule has 0 aromatic heterocycles. The highest BCUT2D eigenvalue weighted by Crippen LogP contribution is 2.55. The first-order chi connectivity index (χ1) is 27.6. The number of hydrazine groups is 1. The fourth-order valence-corrected chi connectivity index (χ4v) is 10.6. The first-order valence-corrected chi connectivity index (χ1v) is 20.8. The molecule has 5 heterocycles. The van der Waals surface area contributed by atoms with E-state index in [4.69, 9.17) is 28.4 Å². The van der Waals surface area contributed by atoms with Gasteiger partial charge in [0.05, 0.1) is 45.1 Å². The predicted molar refractivity (Wildman–Crippen MR) is 217 cm³/mol. The Hall–Kier alpha value is -5.43. The normalized spacial score (nSPS) is 18.8. The van der Waals surface area contributed by atoms with Crippen molar-refractivity contribution >= 4 is 15.7 Å². The summed E-state index contributed by atoms with van der Waals surface area (Å²) in [6, 6.07) is 24.7. The lowest BCUT2D eigenvalue weighted by atomic mass is 9.86. The second kappa shape index (κ2) is 14.5. The van der Waals surface area contributed by atoms with Gasteiger partial charge in [0, 0.05) is 30.8 Å². The van der Waals surface area contributed by atoms with E-state index < -0.39 is 16.1 Å². The summed E-state index contributed by atoms with van der Waals surface area (Å²) in [6.45, 7) is 3.26. The Morgan fingerprint density at radius 1 is 0.684 bits per heavy atom. The average Bonchev–Trinajstić information content (AvgIpc) is 3.22. The van der Waals surface area contributed by atoms with Gasteiger partial charge in [-0.15, -0.1) is 0 Å². The Balaban J connectivity index is 1.31. The molecule has 0 amide bonds. The van der Waals surface area contributed by atoms with Gasteiger partial charge in [0.15, 0.2) is 34.5 Å². The molecule has 5 aliphatic rings. The largest absolute Gasteiger partial charge is 0.493 e. The van der Waals surface area contributed by atoms with Gasteiger partial charge in [-0.2, -0.15) is 17.8 Å². The van der Waals surface area contributed by atoms with E-state index in [1.165, 1.54) is 21.1 Å². The molecule has 12 heteroatoms. The molecule has 10 rings (SSSR count). The van der Waals surface area contributed by atoms with Gasteiger partial charge < -0.3 is 28.4 Å². The number of hydrogen-bond acceptors (Lipinski definition) is 10. The SMILES string of the molecule is COc1cc2c3cc1Oc1ccc(cc1)CC[C@H]1c4cc(c(OC)cc4CCN1C)Oc1c(OC)c(OC)cc4c1[C@H](C3)N(CC4)N2S(=O)(=O)c1ccc(C)cc1. The van der Waals surface area contributed by atoms with Crippen molar-refractivity contribution in [2.75, 3.05) is 53.0 Å². The third kappa shape index (κ3) is 6.30. The summed E-state index contributed by atoms with van der Waals surface area (Å²) in [4.78, 5) is 2.59. The Bertz CT molecular complexity index is 2470. The number of anilines is 1. The minimum atomic E-state index is -4.15. The number of sulfonamides is 1. The molecule has 5 aromatic carbocycles. The van der Waals surface area contributed by atoms with Gasteiger partial charge in [-0.25, -0.2) is 0 Å². The number of aryl methyl sites for hydroxylation is 2.